The predicted molar refractivity (Wildman–Crippen MR) is 106 cm³/mol. The van der Waals surface area contributed by atoms with Crippen molar-refractivity contribution < 1.29 is 9.47 Å². The lowest BCUT2D eigenvalue weighted by Crippen LogP contribution is -2.47. The zero-order chi connectivity index (χ0) is 18.2. The Morgan fingerprint density at radius 1 is 0.923 bits per heavy atom. The van der Waals surface area contributed by atoms with Crippen LogP contribution in [0.15, 0.2) is 61.2 Å². The van der Waals surface area contributed by atoms with Crippen molar-refractivity contribution in [2.24, 2.45) is 0 Å². The van der Waals surface area contributed by atoms with Crippen LogP contribution in [0.2, 0.25) is 0 Å². The summed E-state index contributed by atoms with van der Waals surface area (Å²) in [6.45, 7) is 10.8. The van der Waals surface area contributed by atoms with E-state index in [4.69, 9.17) is 15.2 Å². The Morgan fingerprint density at radius 2 is 1.58 bits per heavy atom. The molecule has 0 amide bonds. The van der Waals surface area contributed by atoms with E-state index in [1.165, 1.54) is 0 Å². The first-order chi connectivity index (χ1) is 12.7. The van der Waals surface area contributed by atoms with Crippen LogP contribution in [0.4, 0.5) is 5.69 Å². The highest BCUT2D eigenvalue weighted by Crippen LogP contribution is 2.28. The molecule has 5 heteroatoms. The topological polar surface area (TPSA) is 51.0 Å². The van der Waals surface area contributed by atoms with Crippen molar-refractivity contribution >= 4 is 5.69 Å². The molecule has 5 nitrogen and oxygen atoms in total. The molecule has 0 unspecified atom stereocenters. The van der Waals surface area contributed by atoms with Gasteiger partial charge in [0.25, 0.3) is 0 Å². The molecule has 0 aromatic heterocycles. The van der Waals surface area contributed by atoms with Crippen molar-refractivity contribution in [2.45, 2.75) is 0 Å². The summed E-state index contributed by atoms with van der Waals surface area (Å²) >= 11 is 0. The van der Waals surface area contributed by atoms with E-state index < -0.39 is 0 Å². The van der Waals surface area contributed by atoms with Crippen LogP contribution in [-0.4, -0.2) is 55.7 Å². The summed E-state index contributed by atoms with van der Waals surface area (Å²) < 4.78 is 11.7. The Morgan fingerprint density at radius 3 is 2.27 bits per heavy atom. The van der Waals surface area contributed by atoms with E-state index in [2.05, 4.69) is 16.4 Å². The standard InChI is InChI=1S/C21H27N3O2/c1-2-11-23-12-14-24(15-13-23)16-17-25-18-7-9-19(10-8-18)26-21-6-4-3-5-20(21)22/h2-10H,1,11-17,22H2. The van der Waals surface area contributed by atoms with Gasteiger partial charge in [0.15, 0.2) is 0 Å². The summed E-state index contributed by atoms with van der Waals surface area (Å²) in [5.41, 5.74) is 6.52. The van der Waals surface area contributed by atoms with Crippen LogP contribution in [0.1, 0.15) is 0 Å². The van der Waals surface area contributed by atoms with Gasteiger partial charge in [0, 0.05) is 39.3 Å². The number of para-hydroxylation sites is 2. The third-order valence-electron chi connectivity index (χ3n) is 4.50. The fraction of sp³-hybridized carbons (Fsp3) is 0.333. The van der Waals surface area contributed by atoms with Gasteiger partial charge in [-0.25, -0.2) is 0 Å². The van der Waals surface area contributed by atoms with E-state index in [-0.39, 0.29) is 0 Å². The number of nitrogen functional groups attached to an aromatic ring is 1. The van der Waals surface area contributed by atoms with Crippen LogP contribution in [0, 0.1) is 0 Å². The Kier molecular flexibility index (Phi) is 6.52. The molecular formula is C21H27N3O2. The van der Waals surface area contributed by atoms with Crippen molar-refractivity contribution in [1.82, 2.24) is 9.80 Å². The molecule has 1 aliphatic rings. The second-order valence-electron chi connectivity index (χ2n) is 6.39. The number of nitrogens with two attached hydrogens (primary N) is 1. The van der Waals surface area contributed by atoms with Crippen LogP contribution < -0.4 is 15.2 Å². The molecule has 3 rings (SSSR count). The third-order valence-corrected chi connectivity index (χ3v) is 4.50. The van der Waals surface area contributed by atoms with Gasteiger partial charge >= 0.3 is 0 Å². The van der Waals surface area contributed by atoms with E-state index in [1.807, 2.05) is 54.6 Å². The second kappa shape index (κ2) is 9.27. The maximum atomic E-state index is 5.90. The lowest BCUT2D eigenvalue weighted by molar-refractivity contribution is 0.125. The summed E-state index contributed by atoms with van der Waals surface area (Å²) in [7, 11) is 0. The number of benzene rings is 2. The highest BCUT2D eigenvalue weighted by molar-refractivity contribution is 5.53. The van der Waals surface area contributed by atoms with E-state index in [0.29, 0.717) is 18.0 Å². The lowest BCUT2D eigenvalue weighted by atomic mass is 10.3. The molecule has 2 aromatic rings. The molecular weight excluding hydrogens is 326 g/mol. The van der Waals surface area contributed by atoms with Gasteiger partial charge in [-0.2, -0.15) is 0 Å². The number of anilines is 1. The monoisotopic (exact) mass is 353 g/mol. The molecule has 0 atom stereocenters. The number of rotatable bonds is 8. The first-order valence-corrected chi connectivity index (χ1v) is 9.05. The Bertz CT molecular complexity index is 695. The van der Waals surface area contributed by atoms with E-state index in [9.17, 15) is 0 Å². The lowest BCUT2D eigenvalue weighted by Gasteiger charge is -2.33. The highest BCUT2D eigenvalue weighted by atomic mass is 16.5. The minimum atomic E-state index is 0.626. The molecule has 1 saturated heterocycles. The summed E-state index contributed by atoms with van der Waals surface area (Å²) in [5.74, 6) is 2.26. The molecule has 2 aromatic carbocycles. The van der Waals surface area contributed by atoms with Crippen LogP contribution >= 0.6 is 0 Å². The first-order valence-electron chi connectivity index (χ1n) is 9.05. The Labute approximate surface area is 155 Å². The molecule has 26 heavy (non-hydrogen) atoms. The summed E-state index contributed by atoms with van der Waals surface area (Å²) in [6.07, 6.45) is 1.97. The summed E-state index contributed by atoms with van der Waals surface area (Å²) in [4.78, 5) is 4.86. The molecule has 1 heterocycles. The minimum Gasteiger partial charge on any atom is -0.492 e. The molecule has 0 radical (unpaired) electrons. The largest absolute Gasteiger partial charge is 0.492 e. The number of hydrogen-bond acceptors (Lipinski definition) is 5. The van der Waals surface area contributed by atoms with Gasteiger partial charge < -0.3 is 15.2 Å². The number of piperazine rings is 1. The number of nitrogens with zero attached hydrogens (tertiary/aromatic N) is 2. The third kappa shape index (κ3) is 5.25. The SMILES string of the molecule is C=CCN1CCN(CCOc2ccc(Oc3ccccc3N)cc2)CC1. The Hall–Kier alpha value is -2.50. The first kappa shape index (κ1) is 18.3. The van der Waals surface area contributed by atoms with Crippen molar-refractivity contribution in [2.75, 3.05) is 51.6 Å². The molecule has 0 aliphatic carbocycles. The number of hydrogen-bond donors (Lipinski definition) is 1. The molecule has 0 bridgehead atoms. The fourth-order valence-corrected chi connectivity index (χ4v) is 2.97. The molecule has 0 saturated carbocycles. The van der Waals surface area contributed by atoms with Gasteiger partial charge in [0.1, 0.15) is 23.9 Å². The van der Waals surface area contributed by atoms with Crippen LogP contribution in [0.3, 0.4) is 0 Å². The van der Waals surface area contributed by atoms with Crippen molar-refractivity contribution in [3.05, 3.63) is 61.2 Å². The van der Waals surface area contributed by atoms with Gasteiger partial charge in [-0.1, -0.05) is 18.2 Å². The Balaban J connectivity index is 1.41. The molecule has 1 fully saturated rings. The van der Waals surface area contributed by atoms with Gasteiger partial charge in [0.05, 0.1) is 5.69 Å². The minimum absolute atomic E-state index is 0.626. The molecule has 0 spiro atoms. The second-order valence-corrected chi connectivity index (χ2v) is 6.39. The molecule has 2 N–H and O–H groups in total. The van der Waals surface area contributed by atoms with Gasteiger partial charge in [-0.3, -0.25) is 9.80 Å². The smallest absolute Gasteiger partial charge is 0.150 e. The van der Waals surface area contributed by atoms with E-state index in [1.54, 1.807) is 0 Å². The predicted octanol–water partition coefficient (Wildman–Crippen LogP) is 3.24. The van der Waals surface area contributed by atoms with E-state index in [0.717, 1.165) is 50.8 Å². The fourth-order valence-electron chi connectivity index (χ4n) is 2.97. The average Bonchev–Trinajstić information content (AvgIpc) is 2.67. The van der Waals surface area contributed by atoms with Gasteiger partial charge in [-0.05, 0) is 36.4 Å². The van der Waals surface area contributed by atoms with Crippen molar-refractivity contribution in [3.8, 4) is 17.2 Å². The summed E-state index contributed by atoms with van der Waals surface area (Å²) in [5, 5.41) is 0. The highest BCUT2D eigenvalue weighted by Gasteiger charge is 2.15. The van der Waals surface area contributed by atoms with E-state index >= 15 is 0 Å². The normalized spacial score (nSPS) is 15.5. The quantitative estimate of drug-likeness (QED) is 0.583. The zero-order valence-corrected chi connectivity index (χ0v) is 15.1. The number of ether oxygens (including phenoxy) is 2. The maximum absolute atomic E-state index is 5.90. The summed E-state index contributed by atoms with van der Waals surface area (Å²) in [6, 6.07) is 15.1. The molecule has 138 valence electrons. The van der Waals surface area contributed by atoms with Gasteiger partial charge in [-0.15, -0.1) is 6.58 Å². The van der Waals surface area contributed by atoms with Crippen molar-refractivity contribution in [1.29, 1.82) is 0 Å². The van der Waals surface area contributed by atoms with Crippen LogP contribution in [-0.2, 0) is 0 Å². The van der Waals surface area contributed by atoms with Gasteiger partial charge in [0.2, 0.25) is 0 Å². The van der Waals surface area contributed by atoms with Crippen molar-refractivity contribution in [3.63, 3.8) is 0 Å². The zero-order valence-electron chi connectivity index (χ0n) is 15.1. The van der Waals surface area contributed by atoms with Crippen LogP contribution in [0.25, 0.3) is 0 Å². The van der Waals surface area contributed by atoms with Crippen LogP contribution in [0.5, 0.6) is 17.2 Å². The average molecular weight is 353 g/mol. The molecule has 1 aliphatic heterocycles. The maximum Gasteiger partial charge on any atom is 0.150 e.